The largest absolute Gasteiger partial charge is 0.421 e. The van der Waals surface area contributed by atoms with Crippen LogP contribution in [0.15, 0.2) is 0 Å². The molecular weight excluding hydrogens is 221 g/mol. The average molecular weight is 232 g/mol. The molecule has 0 amide bonds. The predicted octanol–water partition coefficient (Wildman–Crippen LogP) is 1.93. The Morgan fingerprint density at radius 2 is 1.75 bits per heavy atom. The molecule has 0 saturated heterocycles. The molecule has 1 fully saturated rings. The van der Waals surface area contributed by atoms with Crippen molar-refractivity contribution in [2.75, 3.05) is 11.5 Å². The van der Waals surface area contributed by atoms with Crippen LogP contribution >= 0.6 is 0 Å². The number of alkyl halides is 3. The third kappa shape index (κ3) is 1.77. The van der Waals surface area contributed by atoms with E-state index in [4.69, 9.17) is 11.5 Å². The molecule has 1 aromatic rings. The Labute approximate surface area is 89.9 Å². The summed E-state index contributed by atoms with van der Waals surface area (Å²) in [6.45, 7) is 0. The van der Waals surface area contributed by atoms with Crippen molar-refractivity contribution in [3.8, 4) is 0 Å². The lowest BCUT2D eigenvalue weighted by Crippen LogP contribution is -2.22. The molecule has 0 atom stereocenters. The van der Waals surface area contributed by atoms with Gasteiger partial charge >= 0.3 is 6.18 Å². The summed E-state index contributed by atoms with van der Waals surface area (Å²) in [7, 11) is 0. The fourth-order valence-corrected chi connectivity index (χ4v) is 1.78. The number of nitrogens with two attached hydrogens (primary N) is 2. The van der Waals surface area contributed by atoms with Gasteiger partial charge in [0.15, 0.2) is 0 Å². The van der Waals surface area contributed by atoms with Crippen molar-refractivity contribution < 1.29 is 13.2 Å². The predicted molar refractivity (Wildman–Crippen MR) is 52.5 cm³/mol. The molecule has 1 aliphatic carbocycles. The molecule has 1 heterocycles. The molecule has 4 N–H and O–H groups in total. The van der Waals surface area contributed by atoms with E-state index in [9.17, 15) is 13.2 Å². The Hall–Kier alpha value is -1.53. The molecule has 88 valence electrons. The highest BCUT2D eigenvalue weighted by Gasteiger charge is 2.40. The van der Waals surface area contributed by atoms with Gasteiger partial charge in [0.2, 0.25) is 5.95 Å². The van der Waals surface area contributed by atoms with E-state index in [-0.39, 0.29) is 17.6 Å². The van der Waals surface area contributed by atoms with Gasteiger partial charge < -0.3 is 11.5 Å². The third-order valence-corrected chi connectivity index (χ3v) is 2.76. The van der Waals surface area contributed by atoms with E-state index < -0.39 is 17.6 Å². The van der Waals surface area contributed by atoms with E-state index in [1.54, 1.807) is 0 Å². The first-order chi connectivity index (χ1) is 7.39. The minimum Gasteiger partial charge on any atom is -0.383 e. The smallest absolute Gasteiger partial charge is 0.383 e. The van der Waals surface area contributed by atoms with Crippen molar-refractivity contribution in [3.63, 3.8) is 0 Å². The quantitative estimate of drug-likeness (QED) is 0.775. The lowest BCUT2D eigenvalue weighted by atomic mass is 9.81. The zero-order chi connectivity index (χ0) is 11.9. The third-order valence-electron chi connectivity index (χ3n) is 2.76. The monoisotopic (exact) mass is 232 g/mol. The standard InChI is InChI=1S/C9H11F3N4/c10-9(11,12)5-6(4-2-1-3-4)15-8(14)16-7(5)13/h4H,1-3H2,(H4,13,14,15,16). The topological polar surface area (TPSA) is 77.8 Å². The van der Waals surface area contributed by atoms with Crippen molar-refractivity contribution in [1.82, 2.24) is 9.97 Å². The van der Waals surface area contributed by atoms with Crippen LogP contribution in [0.4, 0.5) is 24.9 Å². The van der Waals surface area contributed by atoms with Crippen LogP contribution in [0.3, 0.4) is 0 Å². The molecule has 4 nitrogen and oxygen atoms in total. The summed E-state index contributed by atoms with van der Waals surface area (Å²) < 4.78 is 38.3. The van der Waals surface area contributed by atoms with Crippen LogP contribution in [0.2, 0.25) is 0 Å². The van der Waals surface area contributed by atoms with E-state index in [2.05, 4.69) is 9.97 Å². The van der Waals surface area contributed by atoms with Crippen LogP contribution in [0.5, 0.6) is 0 Å². The zero-order valence-electron chi connectivity index (χ0n) is 8.38. The van der Waals surface area contributed by atoms with Gasteiger partial charge in [0.25, 0.3) is 0 Å². The van der Waals surface area contributed by atoms with Crippen LogP contribution in [-0.2, 0) is 6.18 Å². The van der Waals surface area contributed by atoms with Crippen molar-refractivity contribution in [3.05, 3.63) is 11.3 Å². The fourth-order valence-electron chi connectivity index (χ4n) is 1.78. The minimum absolute atomic E-state index is 0.0521. The first-order valence-electron chi connectivity index (χ1n) is 4.89. The SMILES string of the molecule is Nc1nc(N)c(C(F)(F)F)c(C2CCC2)n1. The maximum atomic E-state index is 12.8. The molecule has 1 aliphatic rings. The molecule has 0 aliphatic heterocycles. The first-order valence-corrected chi connectivity index (χ1v) is 4.89. The van der Waals surface area contributed by atoms with Gasteiger partial charge in [-0.15, -0.1) is 0 Å². The van der Waals surface area contributed by atoms with Gasteiger partial charge in [0, 0.05) is 5.92 Å². The highest BCUT2D eigenvalue weighted by molar-refractivity contribution is 5.49. The van der Waals surface area contributed by atoms with Crippen LogP contribution in [0.25, 0.3) is 0 Å². The van der Waals surface area contributed by atoms with Gasteiger partial charge in [-0.25, -0.2) is 4.98 Å². The number of nitrogen functional groups attached to an aromatic ring is 2. The molecule has 1 aromatic heterocycles. The summed E-state index contributed by atoms with van der Waals surface area (Å²) >= 11 is 0. The summed E-state index contributed by atoms with van der Waals surface area (Å²) in [5, 5.41) is 0. The van der Waals surface area contributed by atoms with Gasteiger partial charge in [0.05, 0.1) is 5.69 Å². The van der Waals surface area contributed by atoms with Crippen LogP contribution < -0.4 is 11.5 Å². The molecule has 0 radical (unpaired) electrons. The number of hydrogen-bond acceptors (Lipinski definition) is 4. The van der Waals surface area contributed by atoms with Crippen molar-refractivity contribution in [1.29, 1.82) is 0 Å². The number of anilines is 2. The van der Waals surface area contributed by atoms with Crippen molar-refractivity contribution in [2.45, 2.75) is 31.4 Å². The fraction of sp³-hybridized carbons (Fsp3) is 0.556. The number of rotatable bonds is 1. The number of aromatic nitrogens is 2. The molecule has 16 heavy (non-hydrogen) atoms. The zero-order valence-corrected chi connectivity index (χ0v) is 8.38. The molecule has 1 saturated carbocycles. The van der Waals surface area contributed by atoms with E-state index in [0.717, 1.165) is 6.42 Å². The van der Waals surface area contributed by atoms with Crippen LogP contribution in [-0.4, -0.2) is 9.97 Å². The highest BCUT2D eigenvalue weighted by Crippen LogP contribution is 2.43. The van der Waals surface area contributed by atoms with Crippen LogP contribution in [0, 0.1) is 0 Å². The second-order valence-corrected chi connectivity index (χ2v) is 3.85. The molecule has 7 heteroatoms. The first kappa shape index (κ1) is 11.0. The van der Waals surface area contributed by atoms with E-state index in [1.165, 1.54) is 0 Å². The lowest BCUT2D eigenvalue weighted by molar-refractivity contribution is -0.138. The Bertz CT molecular complexity index is 412. The van der Waals surface area contributed by atoms with Gasteiger partial charge in [-0.2, -0.15) is 18.2 Å². The maximum Gasteiger partial charge on any atom is 0.421 e. The minimum atomic E-state index is -4.53. The molecular formula is C9H11F3N4. The molecule has 0 spiro atoms. The lowest BCUT2D eigenvalue weighted by Gasteiger charge is -2.27. The Morgan fingerprint density at radius 1 is 1.12 bits per heavy atom. The van der Waals surface area contributed by atoms with Crippen molar-refractivity contribution >= 4 is 11.8 Å². The Balaban J connectivity index is 2.55. The van der Waals surface area contributed by atoms with E-state index in [0.29, 0.717) is 12.8 Å². The van der Waals surface area contributed by atoms with Gasteiger partial charge in [-0.1, -0.05) is 6.42 Å². The summed E-state index contributed by atoms with van der Waals surface area (Å²) in [6.07, 6.45) is -2.23. The summed E-state index contributed by atoms with van der Waals surface area (Å²) in [5.74, 6) is -0.974. The molecule has 2 rings (SSSR count). The Morgan fingerprint density at radius 3 is 2.19 bits per heavy atom. The van der Waals surface area contributed by atoms with E-state index >= 15 is 0 Å². The Kier molecular flexibility index (Phi) is 2.40. The van der Waals surface area contributed by atoms with E-state index in [1.807, 2.05) is 0 Å². The summed E-state index contributed by atoms with van der Waals surface area (Å²) in [6, 6.07) is 0. The second kappa shape index (κ2) is 3.50. The number of nitrogens with zero attached hydrogens (tertiary/aromatic N) is 2. The van der Waals surface area contributed by atoms with Gasteiger partial charge in [0.1, 0.15) is 11.4 Å². The molecule has 0 unspecified atom stereocenters. The second-order valence-electron chi connectivity index (χ2n) is 3.85. The van der Waals surface area contributed by atoms with Gasteiger partial charge in [-0.3, -0.25) is 0 Å². The number of hydrogen-bond donors (Lipinski definition) is 2. The number of halogens is 3. The average Bonchev–Trinajstić information content (AvgIpc) is 1.94. The summed E-state index contributed by atoms with van der Waals surface area (Å²) in [4.78, 5) is 7.06. The van der Waals surface area contributed by atoms with Crippen molar-refractivity contribution in [2.24, 2.45) is 0 Å². The van der Waals surface area contributed by atoms with Crippen LogP contribution in [0.1, 0.15) is 36.4 Å². The summed E-state index contributed by atoms with van der Waals surface area (Å²) in [5.41, 5.74) is 9.62. The molecule has 0 aromatic carbocycles. The molecule has 0 bridgehead atoms. The highest BCUT2D eigenvalue weighted by atomic mass is 19.4. The normalized spacial score (nSPS) is 17.2. The maximum absolute atomic E-state index is 12.8. The van der Waals surface area contributed by atoms with Gasteiger partial charge in [-0.05, 0) is 12.8 Å².